The Morgan fingerprint density at radius 1 is 0.524 bits per heavy atom. The van der Waals surface area contributed by atoms with Gasteiger partial charge in [0.1, 0.15) is 24.2 Å². The van der Waals surface area contributed by atoms with E-state index in [1.807, 2.05) is 90.1 Å². The number of nitrogens with zero attached hydrogens (tertiary/aromatic N) is 2. The minimum Gasteiger partial charge on any atom is -0.350 e. The molecule has 2 heterocycles. The number of aryl methyl sites for hydroxylation is 2. The van der Waals surface area contributed by atoms with Gasteiger partial charge in [-0.05, 0) is 131 Å². The maximum Gasteiger partial charge on any atom is 0.251 e. The highest BCUT2D eigenvalue weighted by Crippen LogP contribution is 2.34. The molecule has 22 heteroatoms. The Morgan fingerprint density at radius 3 is 1.27 bits per heavy atom. The highest BCUT2D eigenvalue weighted by atomic mass is 16.2. The molecule has 2 saturated heterocycles. The normalized spacial score (nSPS) is 21.6. The number of fused-ring (bicyclic) bond motifs is 2. The Bertz CT molecular complexity index is 2760. The molecule has 0 radical (unpaired) electrons. The number of amides is 10. The summed E-state index contributed by atoms with van der Waals surface area (Å²) in [5.41, 5.74) is 2.89. The smallest absolute Gasteiger partial charge is 0.251 e. The van der Waals surface area contributed by atoms with E-state index in [9.17, 15) is 47.9 Å². The highest BCUT2D eigenvalue weighted by molar-refractivity contribution is 6.02. The SMILES string of the molecule is CN[C@@H](C)C(=O)NC(C(=O)N1CC(NC(=O)CNC(=O)c2cccc(C(=O)NCC(=O)N[C@H]3C[C@@H](C(=O)N[C@@H]4CCCc5ccccc54)N(C(=O)[C@@H](NC(=O)[C@H](C)NC)C(C)(C)C)C3)c2)CC1C(=O)NC1CCCc2ccccc21)C(C)(C)C. The second-order valence-corrected chi connectivity index (χ2v) is 24.9. The van der Waals surface area contributed by atoms with Gasteiger partial charge in [-0.2, -0.15) is 0 Å². The topological polar surface area (TPSA) is 297 Å². The molecule has 10 N–H and O–H groups in total. The van der Waals surface area contributed by atoms with E-state index < -0.39 is 120 Å². The molecule has 10 amide bonds. The van der Waals surface area contributed by atoms with Gasteiger partial charge in [-0.15, -0.1) is 0 Å². The molecular weight excluding hydrogens is 1070 g/mol. The molecule has 0 spiro atoms. The third-order valence-electron chi connectivity index (χ3n) is 16.5. The molecule has 4 unspecified atom stereocenters. The van der Waals surface area contributed by atoms with E-state index in [1.54, 1.807) is 27.9 Å². The molecular formula is C62H86N12O10. The molecule has 454 valence electrons. The van der Waals surface area contributed by atoms with Crippen molar-refractivity contribution in [2.75, 3.05) is 40.3 Å². The summed E-state index contributed by atoms with van der Waals surface area (Å²) in [5, 5.41) is 28.8. The Morgan fingerprint density at radius 2 is 0.905 bits per heavy atom. The van der Waals surface area contributed by atoms with Crippen LogP contribution in [0.3, 0.4) is 0 Å². The average molecular weight is 1160 g/mol. The van der Waals surface area contributed by atoms with E-state index in [4.69, 9.17) is 0 Å². The van der Waals surface area contributed by atoms with Crippen molar-refractivity contribution in [3.05, 3.63) is 106 Å². The van der Waals surface area contributed by atoms with Gasteiger partial charge in [0.05, 0.1) is 37.3 Å². The van der Waals surface area contributed by atoms with Crippen LogP contribution in [0.25, 0.3) is 0 Å². The molecule has 4 aliphatic rings. The van der Waals surface area contributed by atoms with Crippen LogP contribution < -0.4 is 53.2 Å². The molecule has 2 fully saturated rings. The number of likely N-dealkylation sites (N-methyl/N-ethyl adjacent to an activating group) is 2. The standard InChI is InChI=1S/C62H86N12O10/c1-35(63-9)53(77)71-51(61(3,4)5)59(83)73-33-41(29-47(73)57(81)69-45-26-16-20-37-18-11-13-24-43(37)45)67-49(75)31-65-55(79)39-22-15-23-40(28-39)56(80)66-32-50(76)68-42-30-48(58(82)70-46-27-17-21-38-19-12-14-25-44(38)46)74(34-42)60(84)52(62(6,7)8)72-54(78)36(2)64-10/h11-15,18-19,22-25,28,35-36,41-42,45-48,51-52,63-64H,16-17,20-21,26-27,29-34H2,1-10H3,(H,65,79)(H,66,80)(H,67,75)(H,68,76)(H,69,81)(H,70,82)(H,71,77)(H,72,78)/t35-,36-,41-,42?,45+,46?,47-,48?,51+,52?/m0/s1. The molecule has 3 aromatic rings. The number of carbonyl (C=O) groups excluding carboxylic acids is 10. The average Bonchev–Trinajstić information content (AvgIpc) is 3.22. The molecule has 84 heavy (non-hydrogen) atoms. The predicted octanol–water partition coefficient (Wildman–Crippen LogP) is 1.98. The quantitative estimate of drug-likeness (QED) is 0.0778. The van der Waals surface area contributed by atoms with Gasteiger partial charge in [0.25, 0.3) is 11.8 Å². The van der Waals surface area contributed by atoms with Crippen LogP contribution in [0, 0.1) is 10.8 Å². The van der Waals surface area contributed by atoms with Crippen molar-refractivity contribution in [2.24, 2.45) is 10.8 Å². The first-order valence-corrected chi connectivity index (χ1v) is 29.4. The third-order valence-corrected chi connectivity index (χ3v) is 16.5. The summed E-state index contributed by atoms with van der Waals surface area (Å²) in [7, 11) is 3.27. The van der Waals surface area contributed by atoms with E-state index >= 15 is 0 Å². The van der Waals surface area contributed by atoms with Crippen LogP contribution in [-0.4, -0.2) is 157 Å². The van der Waals surface area contributed by atoms with Crippen LogP contribution >= 0.6 is 0 Å². The Hall–Kier alpha value is -7.72. The molecule has 3 aromatic carbocycles. The number of likely N-dealkylation sites (tertiary alicyclic amines) is 2. The maximum atomic E-state index is 14.6. The first-order valence-electron chi connectivity index (χ1n) is 29.4. The molecule has 0 saturated carbocycles. The summed E-state index contributed by atoms with van der Waals surface area (Å²) in [5.74, 6) is -5.06. The van der Waals surface area contributed by atoms with Crippen molar-refractivity contribution in [1.29, 1.82) is 0 Å². The summed E-state index contributed by atoms with van der Waals surface area (Å²) in [6.45, 7) is 13.2. The van der Waals surface area contributed by atoms with Gasteiger partial charge in [0.15, 0.2) is 0 Å². The van der Waals surface area contributed by atoms with E-state index in [-0.39, 0.29) is 61.0 Å². The lowest BCUT2D eigenvalue weighted by atomic mass is 9.85. The van der Waals surface area contributed by atoms with Gasteiger partial charge in [0, 0.05) is 36.3 Å². The molecule has 7 rings (SSSR count). The highest BCUT2D eigenvalue weighted by Gasteiger charge is 2.48. The van der Waals surface area contributed by atoms with Crippen molar-refractivity contribution in [3.8, 4) is 0 Å². The summed E-state index contributed by atoms with van der Waals surface area (Å²) >= 11 is 0. The van der Waals surface area contributed by atoms with E-state index in [1.165, 1.54) is 34.1 Å². The Balaban J connectivity index is 0.959. The molecule has 0 bridgehead atoms. The fraction of sp³-hybridized carbons (Fsp3) is 0.548. The fourth-order valence-electron chi connectivity index (χ4n) is 11.5. The van der Waals surface area contributed by atoms with Crippen LogP contribution in [0.4, 0.5) is 0 Å². The number of rotatable bonds is 20. The van der Waals surface area contributed by atoms with Crippen LogP contribution in [0.1, 0.15) is 149 Å². The lowest BCUT2D eigenvalue weighted by molar-refractivity contribution is -0.144. The van der Waals surface area contributed by atoms with Crippen LogP contribution in [0.15, 0.2) is 72.8 Å². The molecule has 22 nitrogen and oxygen atoms in total. The molecule has 2 aliphatic carbocycles. The fourth-order valence-corrected chi connectivity index (χ4v) is 11.5. The number of benzene rings is 3. The minimum absolute atomic E-state index is 0.0423. The van der Waals surface area contributed by atoms with Gasteiger partial charge >= 0.3 is 0 Å². The van der Waals surface area contributed by atoms with Crippen LogP contribution in [-0.2, 0) is 51.2 Å². The summed E-state index contributed by atoms with van der Waals surface area (Å²) in [6.07, 6.45) is 5.07. The van der Waals surface area contributed by atoms with Gasteiger partial charge in [-0.3, -0.25) is 47.9 Å². The second kappa shape index (κ2) is 27.8. The van der Waals surface area contributed by atoms with E-state index in [2.05, 4.69) is 53.2 Å². The number of nitrogens with one attached hydrogen (secondary N) is 10. The van der Waals surface area contributed by atoms with Gasteiger partial charge in [0.2, 0.25) is 47.3 Å². The first-order chi connectivity index (χ1) is 39.8. The Kier molecular flexibility index (Phi) is 21.1. The Labute approximate surface area is 492 Å². The van der Waals surface area contributed by atoms with Crippen molar-refractivity contribution >= 4 is 59.1 Å². The third kappa shape index (κ3) is 15.9. The maximum absolute atomic E-state index is 14.6. The predicted molar refractivity (Wildman–Crippen MR) is 316 cm³/mol. The zero-order valence-corrected chi connectivity index (χ0v) is 50.2. The summed E-state index contributed by atoms with van der Waals surface area (Å²) in [6, 6.07) is 14.4. The lowest BCUT2D eigenvalue weighted by Gasteiger charge is -2.36. The van der Waals surface area contributed by atoms with Crippen molar-refractivity contribution in [1.82, 2.24) is 63.0 Å². The van der Waals surface area contributed by atoms with Gasteiger partial charge in [-0.1, -0.05) is 96.1 Å². The second-order valence-electron chi connectivity index (χ2n) is 24.9. The van der Waals surface area contributed by atoms with Crippen LogP contribution in [0.2, 0.25) is 0 Å². The first kappa shape index (κ1) is 63.9. The van der Waals surface area contributed by atoms with Gasteiger partial charge < -0.3 is 63.0 Å². The van der Waals surface area contributed by atoms with Gasteiger partial charge in [-0.25, -0.2) is 0 Å². The zero-order chi connectivity index (χ0) is 61.2. The molecule has 2 aliphatic heterocycles. The number of hydrogen-bond acceptors (Lipinski definition) is 12. The number of carbonyl (C=O) groups is 10. The zero-order valence-electron chi connectivity index (χ0n) is 50.2. The molecule has 0 aromatic heterocycles. The largest absolute Gasteiger partial charge is 0.350 e. The van der Waals surface area contributed by atoms with Crippen molar-refractivity contribution in [3.63, 3.8) is 0 Å². The number of hydrogen-bond donors (Lipinski definition) is 10. The molecule has 10 atom stereocenters. The van der Waals surface area contributed by atoms with E-state index in [0.717, 1.165) is 47.9 Å². The van der Waals surface area contributed by atoms with E-state index in [0.29, 0.717) is 12.8 Å². The van der Waals surface area contributed by atoms with Crippen molar-refractivity contribution in [2.45, 2.75) is 167 Å². The monoisotopic (exact) mass is 1160 g/mol. The summed E-state index contributed by atoms with van der Waals surface area (Å²) < 4.78 is 0. The van der Waals surface area contributed by atoms with Crippen molar-refractivity contribution < 1.29 is 47.9 Å². The lowest BCUT2D eigenvalue weighted by Crippen LogP contribution is -2.59. The minimum atomic E-state index is -1.01. The van der Waals surface area contributed by atoms with Crippen LogP contribution in [0.5, 0.6) is 0 Å². The summed E-state index contributed by atoms with van der Waals surface area (Å²) in [4.78, 5) is 141.